The molecule has 1 aromatic heterocycles. The van der Waals surface area contributed by atoms with Crippen LogP contribution in [0, 0.1) is 0 Å². The number of thiazole rings is 1. The molecule has 0 bridgehead atoms. The first-order valence-corrected chi connectivity index (χ1v) is 9.86. The van der Waals surface area contributed by atoms with E-state index in [9.17, 15) is 8.78 Å². The zero-order valence-electron chi connectivity index (χ0n) is 16.2. The third-order valence-electron chi connectivity index (χ3n) is 3.68. The molecular weight excluding hydrogens is 497 g/mol. The van der Waals surface area contributed by atoms with Crippen LogP contribution in [0.15, 0.2) is 34.6 Å². The minimum absolute atomic E-state index is 0. The third kappa shape index (κ3) is 8.26. The van der Waals surface area contributed by atoms with E-state index in [1.54, 1.807) is 29.5 Å². The summed E-state index contributed by atoms with van der Waals surface area (Å²) < 4.78 is 29.6. The summed E-state index contributed by atoms with van der Waals surface area (Å²) in [6.45, 7) is 5.01. The molecule has 0 spiro atoms. The molecular formula is C19H27F2IN4OS. The van der Waals surface area contributed by atoms with Crippen molar-refractivity contribution >= 4 is 41.3 Å². The molecule has 1 aromatic carbocycles. The molecule has 0 aliphatic rings. The quantitative estimate of drug-likeness (QED) is 0.282. The summed E-state index contributed by atoms with van der Waals surface area (Å²) in [5, 5.41) is 9.63. The van der Waals surface area contributed by atoms with Crippen LogP contribution in [-0.4, -0.2) is 30.6 Å². The summed E-state index contributed by atoms with van der Waals surface area (Å²) in [6.07, 6.45) is 0.790. The van der Waals surface area contributed by atoms with Gasteiger partial charge in [0.25, 0.3) is 0 Å². The molecule has 0 aliphatic carbocycles. The largest absolute Gasteiger partial charge is 0.434 e. The van der Waals surface area contributed by atoms with Crippen LogP contribution < -0.4 is 15.4 Å². The number of ether oxygens (including phenoxy) is 1. The van der Waals surface area contributed by atoms with Gasteiger partial charge in [-0.3, -0.25) is 0 Å². The normalized spacial score (nSPS) is 11.5. The Balaban J connectivity index is 0.00000392. The van der Waals surface area contributed by atoms with E-state index in [1.807, 2.05) is 6.92 Å². The number of halogens is 3. The van der Waals surface area contributed by atoms with E-state index in [4.69, 9.17) is 0 Å². The number of aromatic nitrogens is 1. The predicted octanol–water partition coefficient (Wildman–Crippen LogP) is 4.78. The highest BCUT2D eigenvalue weighted by Gasteiger charge is 2.09. The van der Waals surface area contributed by atoms with Crippen LogP contribution in [0.2, 0.25) is 0 Å². The Labute approximate surface area is 186 Å². The van der Waals surface area contributed by atoms with Gasteiger partial charge in [0, 0.05) is 36.4 Å². The highest BCUT2D eigenvalue weighted by Crippen LogP contribution is 2.21. The number of nitrogens with one attached hydrogen (secondary N) is 2. The van der Waals surface area contributed by atoms with E-state index >= 15 is 0 Å². The number of nitrogens with zero attached hydrogens (tertiary/aromatic N) is 2. The lowest BCUT2D eigenvalue weighted by molar-refractivity contribution is -0.0504. The van der Waals surface area contributed by atoms with Crippen molar-refractivity contribution in [1.82, 2.24) is 15.6 Å². The van der Waals surface area contributed by atoms with E-state index in [2.05, 4.69) is 44.6 Å². The van der Waals surface area contributed by atoms with E-state index in [0.717, 1.165) is 17.1 Å². The number of guanidine groups is 1. The lowest BCUT2D eigenvalue weighted by Crippen LogP contribution is -2.38. The number of rotatable bonds is 9. The van der Waals surface area contributed by atoms with Gasteiger partial charge in [0.15, 0.2) is 5.96 Å². The first kappa shape index (κ1) is 24.5. The van der Waals surface area contributed by atoms with E-state index in [0.29, 0.717) is 30.5 Å². The standard InChI is InChI=1S/C19H26F2N4OS.HI/c1-4-22-19(23-10-9-15-12-27-17(25-15)13(2)3)24-11-14-7-5-6-8-16(14)26-18(20)21;/h5-8,12-13,18H,4,9-11H2,1-3H3,(H2,22,23,24);1H. The molecule has 156 valence electrons. The Morgan fingerprint density at radius 2 is 2.00 bits per heavy atom. The number of para-hydroxylation sites is 1. The Kier molecular flexibility index (Phi) is 11.3. The summed E-state index contributed by atoms with van der Waals surface area (Å²) in [5.74, 6) is 1.21. The summed E-state index contributed by atoms with van der Waals surface area (Å²) in [5.41, 5.74) is 1.67. The molecule has 9 heteroatoms. The van der Waals surface area contributed by atoms with Gasteiger partial charge in [-0.2, -0.15) is 8.78 Å². The van der Waals surface area contributed by atoms with Crippen molar-refractivity contribution in [3.63, 3.8) is 0 Å². The van der Waals surface area contributed by atoms with Crippen LogP contribution in [-0.2, 0) is 13.0 Å². The van der Waals surface area contributed by atoms with Crippen LogP contribution in [0.3, 0.4) is 0 Å². The Bertz CT molecular complexity index is 740. The molecule has 0 amide bonds. The van der Waals surface area contributed by atoms with E-state index in [-0.39, 0.29) is 36.3 Å². The Morgan fingerprint density at radius 1 is 1.25 bits per heavy atom. The fourth-order valence-corrected chi connectivity index (χ4v) is 3.23. The summed E-state index contributed by atoms with van der Waals surface area (Å²) in [7, 11) is 0. The summed E-state index contributed by atoms with van der Waals surface area (Å²) in [4.78, 5) is 9.08. The zero-order valence-corrected chi connectivity index (χ0v) is 19.4. The zero-order chi connectivity index (χ0) is 19.6. The van der Waals surface area contributed by atoms with Crippen molar-refractivity contribution in [3.05, 3.63) is 45.9 Å². The van der Waals surface area contributed by atoms with Gasteiger partial charge >= 0.3 is 6.61 Å². The second-order valence-corrected chi connectivity index (χ2v) is 7.08. The first-order valence-electron chi connectivity index (χ1n) is 8.98. The van der Waals surface area contributed by atoms with E-state index < -0.39 is 6.61 Å². The number of benzene rings is 1. The number of alkyl halides is 2. The van der Waals surface area contributed by atoms with Crippen molar-refractivity contribution in [2.24, 2.45) is 4.99 Å². The molecule has 0 saturated heterocycles. The van der Waals surface area contributed by atoms with Gasteiger partial charge < -0.3 is 15.4 Å². The predicted molar refractivity (Wildman–Crippen MR) is 121 cm³/mol. The van der Waals surface area contributed by atoms with Gasteiger partial charge in [0.2, 0.25) is 0 Å². The maximum atomic E-state index is 12.5. The molecule has 1 heterocycles. The van der Waals surface area contributed by atoms with Crippen LogP contribution in [0.1, 0.15) is 43.0 Å². The number of hydrogen-bond acceptors (Lipinski definition) is 4. The van der Waals surface area contributed by atoms with Crippen molar-refractivity contribution < 1.29 is 13.5 Å². The van der Waals surface area contributed by atoms with E-state index in [1.165, 1.54) is 6.07 Å². The van der Waals surface area contributed by atoms with Gasteiger partial charge in [-0.25, -0.2) is 9.98 Å². The highest BCUT2D eigenvalue weighted by molar-refractivity contribution is 14.0. The molecule has 28 heavy (non-hydrogen) atoms. The average molecular weight is 524 g/mol. The monoisotopic (exact) mass is 524 g/mol. The maximum absolute atomic E-state index is 12.5. The highest BCUT2D eigenvalue weighted by atomic mass is 127. The second-order valence-electron chi connectivity index (χ2n) is 6.19. The molecule has 0 atom stereocenters. The molecule has 0 saturated carbocycles. The summed E-state index contributed by atoms with van der Waals surface area (Å²) in [6, 6.07) is 6.69. The third-order valence-corrected chi connectivity index (χ3v) is 4.87. The van der Waals surface area contributed by atoms with Crippen LogP contribution >= 0.6 is 35.3 Å². The molecule has 2 aromatic rings. The molecule has 5 nitrogen and oxygen atoms in total. The van der Waals surface area contributed by atoms with Gasteiger partial charge in [-0.15, -0.1) is 35.3 Å². The van der Waals surface area contributed by atoms with Gasteiger partial charge in [-0.1, -0.05) is 32.0 Å². The summed E-state index contributed by atoms with van der Waals surface area (Å²) >= 11 is 1.68. The van der Waals surface area contributed by atoms with Gasteiger partial charge in [-0.05, 0) is 13.0 Å². The lowest BCUT2D eigenvalue weighted by Gasteiger charge is -2.12. The number of aliphatic imine (C=N–C) groups is 1. The lowest BCUT2D eigenvalue weighted by atomic mass is 10.2. The number of hydrogen-bond donors (Lipinski definition) is 2. The molecule has 0 fully saturated rings. The van der Waals surface area contributed by atoms with Crippen LogP contribution in [0.5, 0.6) is 5.75 Å². The van der Waals surface area contributed by atoms with Gasteiger partial charge in [0.1, 0.15) is 5.75 Å². The van der Waals surface area contributed by atoms with Crippen LogP contribution in [0.4, 0.5) is 8.78 Å². The Hall–Kier alpha value is -1.49. The van der Waals surface area contributed by atoms with Crippen molar-refractivity contribution in [3.8, 4) is 5.75 Å². The molecule has 0 unspecified atom stereocenters. The average Bonchev–Trinajstić information content (AvgIpc) is 3.09. The SMILES string of the molecule is CCNC(=NCc1ccccc1OC(F)F)NCCc1csc(C(C)C)n1.I. The molecule has 2 rings (SSSR count). The topological polar surface area (TPSA) is 58.5 Å². The maximum Gasteiger partial charge on any atom is 0.387 e. The first-order chi connectivity index (χ1) is 13.0. The molecule has 0 aliphatic heterocycles. The van der Waals surface area contributed by atoms with Crippen molar-refractivity contribution in [2.45, 2.75) is 46.3 Å². The second kappa shape index (κ2) is 12.9. The fraction of sp³-hybridized carbons (Fsp3) is 0.474. The minimum atomic E-state index is -2.85. The molecule has 0 radical (unpaired) electrons. The van der Waals surface area contributed by atoms with Crippen molar-refractivity contribution in [2.75, 3.05) is 13.1 Å². The molecule has 2 N–H and O–H groups in total. The van der Waals surface area contributed by atoms with Crippen molar-refractivity contribution in [1.29, 1.82) is 0 Å². The van der Waals surface area contributed by atoms with Crippen LogP contribution in [0.25, 0.3) is 0 Å². The van der Waals surface area contributed by atoms with Gasteiger partial charge in [0.05, 0.1) is 17.2 Å². The minimum Gasteiger partial charge on any atom is -0.434 e. The Morgan fingerprint density at radius 3 is 2.64 bits per heavy atom. The fourth-order valence-electron chi connectivity index (χ4n) is 2.36. The smallest absolute Gasteiger partial charge is 0.387 e.